The van der Waals surface area contributed by atoms with E-state index >= 15 is 0 Å². The maximum absolute atomic E-state index is 12.5. The van der Waals surface area contributed by atoms with Gasteiger partial charge >= 0.3 is 0 Å². The number of aromatic hydroxyl groups is 2. The lowest BCUT2D eigenvalue weighted by molar-refractivity contribution is 0.103. The van der Waals surface area contributed by atoms with E-state index in [2.05, 4.69) is 5.32 Å². The molecule has 0 saturated carbocycles. The third-order valence-corrected chi connectivity index (χ3v) is 3.68. The number of benzene rings is 3. The minimum absolute atomic E-state index is 0.0493. The highest BCUT2D eigenvalue weighted by molar-refractivity contribution is 6.11. The Bertz CT molecular complexity index is 860. The summed E-state index contributed by atoms with van der Waals surface area (Å²) in [5, 5.41) is 22.7. The van der Waals surface area contributed by atoms with Crippen molar-refractivity contribution in [3.8, 4) is 11.5 Å². The monoisotopic (exact) mass is 319 g/mol. The molecule has 3 aromatic carbocycles. The summed E-state index contributed by atoms with van der Waals surface area (Å²) in [5.41, 5.74) is 2.41. The van der Waals surface area contributed by atoms with Crippen LogP contribution >= 0.6 is 0 Å². The molecule has 120 valence electrons. The quantitative estimate of drug-likeness (QED) is 0.492. The molecule has 3 rings (SSSR count). The third kappa shape index (κ3) is 3.55. The van der Waals surface area contributed by atoms with E-state index in [1.807, 2.05) is 12.1 Å². The Hall–Kier alpha value is -3.27. The molecule has 24 heavy (non-hydrogen) atoms. The minimum Gasteiger partial charge on any atom is -0.508 e. The van der Waals surface area contributed by atoms with Crippen molar-refractivity contribution in [3.05, 3.63) is 89.5 Å². The highest BCUT2D eigenvalue weighted by Crippen LogP contribution is 2.25. The van der Waals surface area contributed by atoms with Gasteiger partial charge in [0.25, 0.3) is 0 Å². The summed E-state index contributed by atoms with van der Waals surface area (Å²) in [4.78, 5) is 12.5. The molecule has 0 amide bonds. The summed E-state index contributed by atoms with van der Waals surface area (Å²) in [5.74, 6) is -0.0687. The van der Waals surface area contributed by atoms with Gasteiger partial charge in [-0.3, -0.25) is 4.79 Å². The molecule has 0 aliphatic rings. The van der Waals surface area contributed by atoms with E-state index in [9.17, 15) is 15.0 Å². The molecule has 3 aromatic rings. The molecule has 0 radical (unpaired) electrons. The molecule has 0 spiro atoms. The van der Waals surface area contributed by atoms with Crippen LogP contribution in [0, 0.1) is 0 Å². The first-order chi connectivity index (χ1) is 11.6. The van der Waals surface area contributed by atoms with Crippen LogP contribution in [-0.2, 0) is 6.54 Å². The van der Waals surface area contributed by atoms with Gasteiger partial charge in [-0.1, -0.05) is 42.5 Å². The Labute approximate surface area is 140 Å². The lowest BCUT2D eigenvalue weighted by atomic mass is 10.0. The Kier molecular flexibility index (Phi) is 4.47. The lowest BCUT2D eigenvalue weighted by Gasteiger charge is -2.10. The summed E-state index contributed by atoms with van der Waals surface area (Å²) in [6.07, 6.45) is 0. The summed E-state index contributed by atoms with van der Waals surface area (Å²) in [6.45, 7) is 0.498. The zero-order valence-corrected chi connectivity index (χ0v) is 12.9. The molecule has 0 heterocycles. The Morgan fingerprint density at radius 1 is 0.875 bits per heavy atom. The Balaban J connectivity index is 1.80. The van der Waals surface area contributed by atoms with Crippen LogP contribution in [0.4, 0.5) is 5.69 Å². The second-order valence-corrected chi connectivity index (χ2v) is 5.45. The first-order valence-electron chi connectivity index (χ1n) is 7.58. The van der Waals surface area contributed by atoms with E-state index in [0.717, 1.165) is 11.3 Å². The van der Waals surface area contributed by atoms with Gasteiger partial charge in [0.2, 0.25) is 0 Å². The van der Waals surface area contributed by atoms with Crippen LogP contribution in [0.3, 0.4) is 0 Å². The van der Waals surface area contributed by atoms with E-state index in [1.165, 1.54) is 6.07 Å². The number of phenols is 2. The largest absolute Gasteiger partial charge is 0.508 e. The fraction of sp³-hybridized carbons (Fsp3) is 0.0500. The molecule has 4 nitrogen and oxygen atoms in total. The zero-order chi connectivity index (χ0) is 16.9. The van der Waals surface area contributed by atoms with Crippen molar-refractivity contribution in [1.82, 2.24) is 0 Å². The van der Waals surface area contributed by atoms with Crippen LogP contribution in [0.5, 0.6) is 11.5 Å². The molecule has 4 heteroatoms. The van der Waals surface area contributed by atoms with Gasteiger partial charge < -0.3 is 15.5 Å². The van der Waals surface area contributed by atoms with E-state index in [4.69, 9.17) is 0 Å². The second-order valence-electron chi connectivity index (χ2n) is 5.45. The topological polar surface area (TPSA) is 69.6 Å². The van der Waals surface area contributed by atoms with Gasteiger partial charge in [0.05, 0.1) is 5.56 Å². The Morgan fingerprint density at radius 2 is 1.67 bits per heavy atom. The molecule has 0 aliphatic carbocycles. The maximum atomic E-state index is 12.5. The fourth-order valence-corrected chi connectivity index (χ4v) is 2.44. The van der Waals surface area contributed by atoms with Crippen molar-refractivity contribution in [2.75, 3.05) is 5.32 Å². The lowest BCUT2D eigenvalue weighted by Crippen LogP contribution is -2.04. The molecular weight excluding hydrogens is 302 g/mol. The standard InChI is InChI=1S/C20H17NO3/c22-17-8-4-5-14(11-17)13-21-16-9-10-19(23)18(12-16)20(24)15-6-2-1-3-7-15/h1-12,21-23H,13H2. The predicted molar refractivity (Wildman–Crippen MR) is 93.4 cm³/mol. The molecule has 0 bridgehead atoms. The average Bonchev–Trinajstić information content (AvgIpc) is 2.61. The van der Waals surface area contributed by atoms with Crippen LogP contribution in [-0.4, -0.2) is 16.0 Å². The highest BCUT2D eigenvalue weighted by atomic mass is 16.3. The molecule has 0 fully saturated rings. The first-order valence-corrected chi connectivity index (χ1v) is 7.58. The smallest absolute Gasteiger partial charge is 0.196 e. The van der Waals surface area contributed by atoms with Crippen LogP contribution in [0.1, 0.15) is 21.5 Å². The van der Waals surface area contributed by atoms with Gasteiger partial charge in [0.15, 0.2) is 5.78 Å². The molecule has 0 atom stereocenters. The van der Waals surface area contributed by atoms with Crippen molar-refractivity contribution in [2.45, 2.75) is 6.54 Å². The number of hydrogen-bond acceptors (Lipinski definition) is 4. The SMILES string of the molecule is O=C(c1ccccc1)c1cc(NCc2cccc(O)c2)ccc1O. The summed E-state index contributed by atoms with van der Waals surface area (Å²) in [7, 11) is 0. The van der Waals surface area contributed by atoms with Gasteiger partial charge in [-0.25, -0.2) is 0 Å². The van der Waals surface area contributed by atoms with E-state index in [-0.39, 0.29) is 22.8 Å². The number of carbonyl (C=O) groups is 1. The molecule has 3 N–H and O–H groups in total. The molecule has 0 saturated heterocycles. The van der Waals surface area contributed by atoms with Crippen LogP contribution in [0.25, 0.3) is 0 Å². The Morgan fingerprint density at radius 3 is 2.42 bits per heavy atom. The van der Waals surface area contributed by atoms with Gasteiger partial charge in [0.1, 0.15) is 11.5 Å². The number of anilines is 1. The molecule has 0 unspecified atom stereocenters. The number of nitrogens with one attached hydrogen (secondary N) is 1. The van der Waals surface area contributed by atoms with Gasteiger partial charge in [-0.2, -0.15) is 0 Å². The molecular formula is C20H17NO3. The van der Waals surface area contributed by atoms with E-state index < -0.39 is 0 Å². The first kappa shape index (κ1) is 15.6. The van der Waals surface area contributed by atoms with Crippen molar-refractivity contribution >= 4 is 11.5 Å². The number of phenolic OH excluding ortho intramolecular Hbond substituents is 2. The number of hydrogen-bond donors (Lipinski definition) is 3. The van der Waals surface area contributed by atoms with Crippen LogP contribution in [0.15, 0.2) is 72.8 Å². The zero-order valence-electron chi connectivity index (χ0n) is 12.9. The van der Waals surface area contributed by atoms with Crippen LogP contribution < -0.4 is 5.32 Å². The summed E-state index contributed by atoms with van der Waals surface area (Å²) >= 11 is 0. The maximum Gasteiger partial charge on any atom is 0.196 e. The summed E-state index contributed by atoms with van der Waals surface area (Å²) in [6, 6.07) is 20.6. The van der Waals surface area contributed by atoms with E-state index in [0.29, 0.717) is 12.1 Å². The third-order valence-electron chi connectivity index (χ3n) is 3.68. The molecule has 0 aliphatic heterocycles. The van der Waals surface area contributed by atoms with Crippen LogP contribution in [0.2, 0.25) is 0 Å². The minimum atomic E-state index is -0.228. The van der Waals surface area contributed by atoms with Gasteiger partial charge in [-0.05, 0) is 35.9 Å². The number of rotatable bonds is 5. The van der Waals surface area contributed by atoms with Crippen molar-refractivity contribution < 1.29 is 15.0 Å². The highest BCUT2D eigenvalue weighted by Gasteiger charge is 2.14. The predicted octanol–water partition coefficient (Wildman–Crippen LogP) is 3.94. The van der Waals surface area contributed by atoms with Crippen molar-refractivity contribution in [2.24, 2.45) is 0 Å². The number of ketones is 1. The second kappa shape index (κ2) is 6.87. The molecule has 0 aromatic heterocycles. The van der Waals surface area contributed by atoms with Gasteiger partial charge in [0, 0.05) is 17.8 Å². The number of carbonyl (C=O) groups excluding carboxylic acids is 1. The average molecular weight is 319 g/mol. The van der Waals surface area contributed by atoms with Crippen molar-refractivity contribution in [3.63, 3.8) is 0 Å². The van der Waals surface area contributed by atoms with E-state index in [1.54, 1.807) is 54.6 Å². The normalized spacial score (nSPS) is 10.3. The summed E-state index contributed by atoms with van der Waals surface area (Å²) < 4.78 is 0. The fourth-order valence-electron chi connectivity index (χ4n) is 2.44. The van der Waals surface area contributed by atoms with Crippen molar-refractivity contribution in [1.29, 1.82) is 0 Å². The van der Waals surface area contributed by atoms with Gasteiger partial charge in [-0.15, -0.1) is 0 Å².